The van der Waals surface area contributed by atoms with Gasteiger partial charge in [-0.25, -0.2) is 0 Å². The predicted octanol–water partition coefficient (Wildman–Crippen LogP) is -0.699. The van der Waals surface area contributed by atoms with Gasteiger partial charge in [0.2, 0.25) is 0 Å². The molecule has 1 aromatic rings. The average molecular weight is 164 g/mol. The molecule has 0 radical (unpaired) electrons. The first-order valence-corrected chi connectivity index (χ1v) is 3.89. The third kappa shape index (κ3) is 1.19. The Hall–Kier alpha value is -0.995. The smallest absolute Gasteiger partial charge is 0.488 e. The molecular weight excluding hydrogens is 155 g/mol. The van der Waals surface area contributed by atoms with Crippen molar-refractivity contribution in [1.82, 2.24) is 0 Å². The van der Waals surface area contributed by atoms with E-state index >= 15 is 0 Å². The summed E-state index contributed by atoms with van der Waals surface area (Å²) in [5.41, 5.74) is 1.62. The van der Waals surface area contributed by atoms with Crippen LogP contribution in [0.25, 0.3) is 0 Å². The number of benzene rings is 1. The molecule has 0 aliphatic carbocycles. The van der Waals surface area contributed by atoms with E-state index in [0.717, 1.165) is 17.7 Å². The molecule has 62 valence electrons. The molecule has 1 aliphatic heterocycles. The molecule has 1 heterocycles. The van der Waals surface area contributed by atoms with Gasteiger partial charge in [0.1, 0.15) is 5.75 Å². The SMILES string of the molecule is OB(O)c1ccc2c(c1)OCC2. The summed E-state index contributed by atoms with van der Waals surface area (Å²) in [6.07, 6.45) is 0.914. The maximum absolute atomic E-state index is 8.85. The fourth-order valence-corrected chi connectivity index (χ4v) is 1.34. The van der Waals surface area contributed by atoms with E-state index in [1.807, 2.05) is 6.07 Å². The highest BCUT2D eigenvalue weighted by molar-refractivity contribution is 6.58. The Balaban J connectivity index is 2.39. The molecule has 0 saturated carbocycles. The van der Waals surface area contributed by atoms with Gasteiger partial charge in [0.25, 0.3) is 0 Å². The second-order valence-electron chi connectivity index (χ2n) is 2.84. The maximum atomic E-state index is 8.85. The quantitative estimate of drug-likeness (QED) is 0.539. The third-order valence-corrected chi connectivity index (χ3v) is 2.02. The first kappa shape index (κ1) is 7.64. The van der Waals surface area contributed by atoms with Crippen LogP contribution in [0.5, 0.6) is 5.75 Å². The fraction of sp³-hybridized carbons (Fsp3) is 0.250. The highest BCUT2D eigenvalue weighted by Gasteiger charge is 2.16. The summed E-state index contributed by atoms with van der Waals surface area (Å²) in [4.78, 5) is 0. The number of hydrogen-bond donors (Lipinski definition) is 2. The standard InChI is InChI=1S/C8H9BO3/c10-9(11)7-2-1-6-3-4-12-8(6)5-7/h1-2,5,10-11H,3-4H2. The molecule has 2 rings (SSSR count). The van der Waals surface area contributed by atoms with Gasteiger partial charge in [0.05, 0.1) is 6.61 Å². The fourth-order valence-electron chi connectivity index (χ4n) is 1.34. The molecule has 2 N–H and O–H groups in total. The lowest BCUT2D eigenvalue weighted by Crippen LogP contribution is -2.29. The molecule has 0 amide bonds. The number of fused-ring (bicyclic) bond motifs is 1. The van der Waals surface area contributed by atoms with E-state index in [9.17, 15) is 0 Å². The topological polar surface area (TPSA) is 49.7 Å². The van der Waals surface area contributed by atoms with Crippen LogP contribution in [-0.2, 0) is 6.42 Å². The lowest BCUT2D eigenvalue weighted by molar-refractivity contribution is 0.356. The van der Waals surface area contributed by atoms with Gasteiger partial charge in [0, 0.05) is 6.42 Å². The van der Waals surface area contributed by atoms with E-state index in [1.54, 1.807) is 12.1 Å². The van der Waals surface area contributed by atoms with Crippen LogP contribution >= 0.6 is 0 Å². The van der Waals surface area contributed by atoms with Gasteiger partial charge >= 0.3 is 7.12 Å². The van der Waals surface area contributed by atoms with E-state index in [1.165, 1.54) is 0 Å². The van der Waals surface area contributed by atoms with Crippen LogP contribution in [-0.4, -0.2) is 23.8 Å². The largest absolute Gasteiger partial charge is 0.493 e. The zero-order valence-corrected chi connectivity index (χ0v) is 6.53. The van der Waals surface area contributed by atoms with Gasteiger partial charge in [0.15, 0.2) is 0 Å². The highest BCUT2D eigenvalue weighted by Crippen LogP contribution is 2.22. The minimum atomic E-state index is -1.40. The van der Waals surface area contributed by atoms with Crippen LogP contribution < -0.4 is 10.2 Å². The average Bonchev–Trinajstić information content (AvgIpc) is 2.49. The van der Waals surface area contributed by atoms with E-state index in [-0.39, 0.29) is 0 Å². The minimum Gasteiger partial charge on any atom is -0.493 e. The summed E-state index contributed by atoms with van der Waals surface area (Å²) in [6.45, 7) is 0.695. The van der Waals surface area contributed by atoms with Gasteiger partial charge in [-0.1, -0.05) is 12.1 Å². The van der Waals surface area contributed by atoms with Crippen molar-refractivity contribution in [2.24, 2.45) is 0 Å². The lowest BCUT2D eigenvalue weighted by Gasteiger charge is -2.02. The molecular formula is C8H9BO3. The van der Waals surface area contributed by atoms with Gasteiger partial charge < -0.3 is 14.8 Å². The highest BCUT2D eigenvalue weighted by atomic mass is 16.5. The van der Waals surface area contributed by atoms with E-state index in [2.05, 4.69) is 0 Å². The Morgan fingerprint density at radius 3 is 2.92 bits per heavy atom. The monoisotopic (exact) mass is 164 g/mol. The molecule has 0 bridgehead atoms. The van der Waals surface area contributed by atoms with Crippen molar-refractivity contribution in [2.75, 3.05) is 6.61 Å². The van der Waals surface area contributed by atoms with E-state index in [4.69, 9.17) is 14.8 Å². The van der Waals surface area contributed by atoms with Crippen molar-refractivity contribution >= 4 is 12.6 Å². The van der Waals surface area contributed by atoms with Crippen molar-refractivity contribution in [1.29, 1.82) is 0 Å². The van der Waals surface area contributed by atoms with Gasteiger partial charge in [-0.3, -0.25) is 0 Å². The molecule has 4 heteroatoms. The number of ether oxygens (including phenoxy) is 1. The first-order chi connectivity index (χ1) is 5.77. The second-order valence-corrected chi connectivity index (χ2v) is 2.84. The van der Waals surface area contributed by atoms with Gasteiger partial charge in [-0.05, 0) is 17.1 Å². The van der Waals surface area contributed by atoms with Crippen LogP contribution in [0.4, 0.5) is 0 Å². The molecule has 0 saturated heterocycles. The van der Waals surface area contributed by atoms with Crippen LogP contribution in [0.15, 0.2) is 18.2 Å². The first-order valence-electron chi connectivity index (χ1n) is 3.89. The van der Waals surface area contributed by atoms with Gasteiger partial charge in [-0.2, -0.15) is 0 Å². The predicted molar refractivity (Wildman–Crippen MR) is 45.5 cm³/mol. The van der Waals surface area contributed by atoms with Crippen molar-refractivity contribution in [2.45, 2.75) is 6.42 Å². The Labute approximate surface area is 70.8 Å². The molecule has 1 aromatic carbocycles. The Morgan fingerprint density at radius 2 is 2.17 bits per heavy atom. The number of hydrogen-bond acceptors (Lipinski definition) is 3. The summed E-state index contributed by atoms with van der Waals surface area (Å²) in [5, 5.41) is 17.7. The van der Waals surface area contributed by atoms with Crippen LogP contribution in [0.2, 0.25) is 0 Å². The normalized spacial score (nSPS) is 13.8. The maximum Gasteiger partial charge on any atom is 0.488 e. The zero-order chi connectivity index (χ0) is 8.55. The Kier molecular flexibility index (Phi) is 1.79. The van der Waals surface area contributed by atoms with E-state index < -0.39 is 7.12 Å². The molecule has 1 aliphatic rings. The molecule has 12 heavy (non-hydrogen) atoms. The van der Waals surface area contributed by atoms with Crippen LogP contribution in [0, 0.1) is 0 Å². The summed E-state index contributed by atoms with van der Waals surface area (Å²) in [7, 11) is -1.40. The van der Waals surface area contributed by atoms with Crippen molar-refractivity contribution < 1.29 is 14.8 Å². The van der Waals surface area contributed by atoms with Gasteiger partial charge in [-0.15, -0.1) is 0 Å². The molecule has 3 nitrogen and oxygen atoms in total. The summed E-state index contributed by atoms with van der Waals surface area (Å²) < 4.78 is 5.27. The van der Waals surface area contributed by atoms with Crippen molar-refractivity contribution in [3.8, 4) is 5.75 Å². The van der Waals surface area contributed by atoms with Crippen LogP contribution in [0.1, 0.15) is 5.56 Å². The number of rotatable bonds is 1. The molecule has 0 aromatic heterocycles. The summed E-state index contributed by atoms with van der Waals surface area (Å²) in [6, 6.07) is 5.25. The van der Waals surface area contributed by atoms with E-state index in [0.29, 0.717) is 12.1 Å². The third-order valence-electron chi connectivity index (χ3n) is 2.02. The molecule has 0 atom stereocenters. The lowest BCUT2D eigenvalue weighted by atomic mass is 9.80. The van der Waals surface area contributed by atoms with Crippen LogP contribution in [0.3, 0.4) is 0 Å². The summed E-state index contributed by atoms with van der Waals surface area (Å²) >= 11 is 0. The minimum absolute atomic E-state index is 0.482. The van der Waals surface area contributed by atoms with Crippen molar-refractivity contribution in [3.05, 3.63) is 23.8 Å². The molecule has 0 unspecified atom stereocenters. The molecule has 0 fully saturated rings. The van der Waals surface area contributed by atoms with Crippen molar-refractivity contribution in [3.63, 3.8) is 0 Å². The second kappa shape index (κ2) is 2.81. The molecule has 0 spiro atoms. The Morgan fingerprint density at radius 1 is 1.33 bits per heavy atom. The zero-order valence-electron chi connectivity index (χ0n) is 6.53. The summed E-state index contributed by atoms with van der Waals surface area (Å²) in [5.74, 6) is 0.778. The Bertz CT molecular complexity index is 298.